The molecule has 7 heteroatoms. The molecule has 0 fully saturated rings. The lowest BCUT2D eigenvalue weighted by atomic mass is 9.82. The van der Waals surface area contributed by atoms with Crippen LogP contribution in [0.4, 0.5) is 13.2 Å². The summed E-state index contributed by atoms with van der Waals surface area (Å²) in [6, 6.07) is 0. The van der Waals surface area contributed by atoms with Crippen LogP contribution in [0.3, 0.4) is 0 Å². The maximum atomic E-state index is 13.0. The molecule has 1 aromatic heterocycles. The van der Waals surface area contributed by atoms with Crippen LogP contribution in [0.25, 0.3) is 5.57 Å². The predicted molar refractivity (Wildman–Crippen MR) is 81.3 cm³/mol. The van der Waals surface area contributed by atoms with E-state index in [4.69, 9.17) is 0 Å². The van der Waals surface area contributed by atoms with Crippen LogP contribution in [0.15, 0.2) is 12.3 Å². The number of carbonyl (C=O) groups is 1. The molecule has 1 aliphatic heterocycles. The summed E-state index contributed by atoms with van der Waals surface area (Å²) in [7, 11) is 0. The highest BCUT2D eigenvalue weighted by atomic mass is 19.4. The van der Waals surface area contributed by atoms with Gasteiger partial charge in [0.2, 0.25) is 0 Å². The summed E-state index contributed by atoms with van der Waals surface area (Å²) in [6.45, 7) is 4.26. The van der Waals surface area contributed by atoms with E-state index in [0.29, 0.717) is 37.2 Å². The van der Waals surface area contributed by atoms with Crippen molar-refractivity contribution in [2.45, 2.75) is 38.4 Å². The van der Waals surface area contributed by atoms with Gasteiger partial charge in [-0.05, 0) is 30.4 Å². The van der Waals surface area contributed by atoms with Crippen LogP contribution < -0.4 is 10.6 Å². The topological polar surface area (TPSA) is 46.1 Å². The quantitative estimate of drug-likeness (QED) is 0.897. The van der Waals surface area contributed by atoms with Crippen LogP contribution in [-0.4, -0.2) is 36.3 Å². The molecule has 1 amide bonds. The molecule has 2 heterocycles. The average molecular weight is 327 g/mol. The molecule has 3 rings (SSSR count). The number of amides is 1. The summed E-state index contributed by atoms with van der Waals surface area (Å²) in [5.74, 6) is -0.977. The third-order valence-corrected chi connectivity index (χ3v) is 4.38. The van der Waals surface area contributed by atoms with Gasteiger partial charge in [-0.2, -0.15) is 13.2 Å². The van der Waals surface area contributed by atoms with Crippen LogP contribution in [0.5, 0.6) is 0 Å². The molecule has 0 radical (unpaired) electrons. The van der Waals surface area contributed by atoms with Crippen molar-refractivity contribution in [3.05, 3.63) is 29.1 Å². The highest BCUT2D eigenvalue weighted by Crippen LogP contribution is 2.43. The first-order valence-corrected chi connectivity index (χ1v) is 7.88. The standard InChI is InChI=1S/C16H20F3N3O/c1-2-21-15(23)12-9-22-6-5-20-8-11-4-3-10(7-16(17,18)19)13(12)14(11)22/h4,9-10,20H,2-3,5-8H2,1H3,(H,21,23). The van der Waals surface area contributed by atoms with Crippen molar-refractivity contribution in [2.24, 2.45) is 0 Å². The van der Waals surface area contributed by atoms with Crippen molar-refractivity contribution in [2.75, 3.05) is 19.6 Å². The Labute approximate surface area is 132 Å². The second kappa shape index (κ2) is 6.03. The fraction of sp³-hybridized carbons (Fsp3) is 0.562. The number of nitrogens with one attached hydrogen (secondary N) is 2. The van der Waals surface area contributed by atoms with Crippen molar-refractivity contribution in [1.29, 1.82) is 0 Å². The van der Waals surface area contributed by atoms with E-state index in [9.17, 15) is 18.0 Å². The van der Waals surface area contributed by atoms with Gasteiger partial charge in [-0.1, -0.05) is 6.08 Å². The van der Waals surface area contributed by atoms with E-state index in [1.165, 1.54) is 0 Å². The van der Waals surface area contributed by atoms with Gasteiger partial charge in [0.05, 0.1) is 12.0 Å². The number of allylic oxidation sites excluding steroid dienone is 1. The van der Waals surface area contributed by atoms with E-state index in [1.807, 2.05) is 10.6 Å². The fourth-order valence-corrected chi connectivity index (χ4v) is 3.50. The van der Waals surface area contributed by atoms with Crippen LogP contribution >= 0.6 is 0 Å². The molecule has 1 atom stereocenters. The minimum absolute atomic E-state index is 0.288. The summed E-state index contributed by atoms with van der Waals surface area (Å²) in [5.41, 5.74) is 2.75. The number of nitrogens with zero attached hydrogens (tertiary/aromatic N) is 1. The molecule has 23 heavy (non-hydrogen) atoms. The highest BCUT2D eigenvalue weighted by molar-refractivity contribution is 5.97. The second-order valence-electron chi connectivity index (χ2n) is 6.02. The number of aromatic nitrogens is 1. The number of hydrogen-bond donors (Lipinski definition) is 2. The zero-order valence-corrected chi connectivity index (χ0v) is 13.0. The Hall–Kier alpha value is -1.76. The number of hydrogen-bond acceptors (Lipinski definition) is 2. The van der Waals surface area contributed by atoms with Gasteiger partial charge in [-0.3, -0.25) is 4.79 Å². The second-order valence-corrected chi connectivity index (χ2v) is 6.02. The van der Waals surface area contributed by atoms with Crippen LogP contribution in [0.2, 0.25) is 0 Å². The van der Waals surface area contributed by atoms with Gasteiger partial charge >= 0.3 is 6.18 Å². The molecule has 0 spiro atoms. The van der Waals surface area contributed by atoms with Crippen molar-refractivity contribution < 1.29 is 18.0 Å². The molecule has 2 aliphatic rings. The molecule has 126 valence electrons. The molecule has 1 unspecified atom stereocenters. The van der Waals surface area contributed by atoms with E-state index in [1.54, 1.807) is 13.1 Å². The Balaban J connectivity index is 2.09. The fourth-order valence-electron chi connectivity index (χ4n) is 3.50. The molecule has 4 nitrogen and oxygen atoms in total. The largest absolute Gasteiger partial charge is 0.389 e. The van der Waals surface area contributed by atoms with Gasteiger partial charge in [0.15, 0.2) is 0 Å². The van der Waals surface area contributed by atoms with Gasteiger partial charge in [0, 0.05) is 38.1 Å². The lowest BCUT2D eigenvalue weighted by Crippen LogP contribution is -2.26. The maximum Gasteiger partial charge on any atom is 0.389 e. The third-order valence-electron chi connectivity index (χ3n) is 4.38. The van der Waals surface area contributed by atoms with Crippen LogP contribution in [0.1, 0.15) is 47.3 Å². The van der Waals surface area contributed by atoms with Crippen molar-refractivity contribution >= 4 is 11.5 Å². The first kappa shape index (κ1) is 16.1. The monoisotopic (exact) mass is 327 g/mol. The SMILES string of the molecule is CCNC(=O)c1cn2c3c1C(CC(F)(F)F)CC=C3CNCC2. The van der Waals surface area contributed by atoms with Gasteiger partial charge in [-0.15, -0.1) is 0 Å². The first-order valence-electron chi connectivity index (χ1n) is 7.88. The minimum Gasteiger partial charge on any atom is -0.352 e. The molecule has 1 aliphatic carbocycles. The lowest BCUT2D eigenvalue weighted by Gasteiger charge is -2.25. The van der Waals surface area contributed by atoms with E-state index in [0.717, 1.165) is 17.8 Å². The minimum atomic E-state index is -4.24. The van der Waals surface area contributed by atoms with E-state index in [-0.39, 0.29) is 5.91 Å². The van der Waals surface area contributed by atoms with Crippen molar-refractivity contribution in [1.82, 2.24) is 15.2 Å². The average Bonchev–Trinajstić information content (AvgIpc) is 2.73. The smallest absolute Gasteiger partial charge is 0.352 e. The Bertz CT molecular complexity index is 646. The van der Waals surface area contributed by atoms with E-state index < -0.39 is 18.5 Å². The Kier molecular flexibility index (Phi) is 4.23. The molecule has 1 aromatic rings. The Morgan fingerprint density at radius 2 is 2.26 bits per heavy atom. The van der Waals surface area contributed by atoms with Crippen molar-refractivity contribution in [3.8, 4) is 0 Å². The zero-order chi connectivity index (χ0) is 16.6. The first-order chi connectivity index (χ1) is 10.9. The normalized spacial score (nSPS) is 20.5. The van der Waals surface area contributed by atoms with Gasteiger partial charge in [0.1, 0.15) is 0 Å². The van der Waals surface area contributed by atoms with Crippen LogP contribution in [-0.2, 0) is 6.54 Å². The number of halogens is 3. The molecule has 2 N–H and O–H groups in total. The van der Waals surface area contributed by atoms with E-state index in [2.05, 4.69) is 10.6 Å². The maximum absolute atomic E-state index is 13.0. The molecule has 0 aromatic carbocycles. The summed E-state index contributed by atoms with van der Waals surface area (Å²) < 4.78 is 40.8. The summed E-state index contributed by atoms with van der Waals surface area (Å²) in [5, 5.41) is 5.98. The third kappa shape index (κ3) is 3.15. The molecule has 0 saturated carbocycles. The van der Waals surface area contributed by atoms with E-state index >= 15 is 0 Å². The predicted octanol–water partition coefficient (Wildman–Crippen LogP) is 2.66. The number of rotatable bonds is 3. The summed E-state index contributed by atoms with van der Waals surface area (Å²) in [6.07, 6.45) is -1.22. The van der Waals surface area contributed by atoms with Crippen molar-refractivity contribution in [3.63, 3.8) is 0 Å². The molecular formula is C16H20F3N3O. The number of alkyl halides is 3. The zero-order valence-electron chi connectivity index (χ0n) is 13.0. The summed E-state index contributed by atoms with van der Waals surface area (Å²) >= 11 is 0. The Morgan fingerprint density at radius 3 is 2.96 bits per heavy atom. The lowest BCUT2D eigenvalue weighted by molar-refractivity contribution is -0.138. The summed E-state index contributed by atoms with van der Waals surface area (Å²) in [4.78, 5) is 12.3. The van der Waals surface area contributed by atoms with Gasteiger partial charge in [-0.25, -0.2) is 0 Å². The van der Waals surface area contributed by atoms with Gasteiger partial charge < -0.3 is 15.2 Å². The van der Waals surface area contributed by atoms with Crippen LogP contribution in [0, 0.1) is 0 Å². The highest BCUT2D eigenvalue weighted by Gasteiger charge is 2.38. The van der Waals surface area contributed by atoms with Gasteiger partial charge in [0.25, 0.3) is 5.91 Å². The number of carbonyl (C=O) groups excluding carboxylic acids is 1. The molecular weight excluding hydrogens is 307 g/mol. The molecule has 0 bridgehead atoms. The Morgan fingerprint density at radius 1 is 1.48 bits per heavy atom. The molecule has 0 saturated heterocycles.